The van der Waals surface area contributed by atoms with E-state index < -0.39 is 0 Å². The molecule has 2 aromatic rings. The quantitative estimate of drug-likeness (QED) is 0.328. The van der Waals surface area contributed by atoms with Crippen molar-refractivity contribution in [2.75, 3.05) is 14.2 Å². The Bertz CT molecular complexity index is 645. The van der Waals surface area contributed by atoms with Gasteiger partial charge in [0.2, 0.25) is 5.78 Å². The van der Waals surface area contributed by atoms with E-state index in [0.29, 0.717) is 14.9 Å². The zero-order chi connectivity index (χ0) is 15.2. The Labute approximate surface area is 137 Å². The molecule has 0 heterocycles. The molecular weight excluding hydrogens is 379 g/mol. The molecule has 0 N–H and O–H groups in total. The van der Waals surface area contributed by atoms with Crippen LogP contribution in [0.3, 0.4) is 0 Å². The molecule has 0 amide bonds. The molecule has 0 saturated heterocycles. The van der Waals surface area contributed by atoms with Gasteiger partial charge < -0.3 is 9.47 Å². The zero-order valence-electron chi connectivity index (χ0n) is 11.8. The van der Waals surface area contributed by atoms with E-state index in [1.54, 1.807) is 38.5 Å². The van der Waals surface area contributed by atoms with Crippen LogP contribution in [-0.2, 0) is 4.74 Å². The van der Waals surface area contributed by atoms with E-state index in [-0.39, 0.29) is 5.78 Å². The number of halogens is 1. The smallest absolute Gasteiger partial charge is 0.202 e. The summed E-state index contributed by atoms with van der Waals surface area (Å²) in [4.78, 5) is 12.5. The maximum Gasteiger partial charge on any atom is 0.202 e. The van der Waals surface area contributed by atoms with E-state index in [2.05, 4.69) is 0 Å². The van der Waals surface area contributed by atoms with Crippen LogP contribution in [0.1, 0.15) is 15.9 Å². The number of Topliss-reactive ketones (excluding diaryl/α,β-unsaturated/α-hetero) is 1. The molecule has 0 atom stereocenters. The van der Waals surface area contributed by atoms with E-state index in [0.717, 1.165) is 11.3 Å². The first-order chi connectivity index (χ1) is 10.2. The van der Waals surface area contributed by atoms with Gasteiger partial charge in [0, 0.05) is 11.1 Å². The van der Waals surface area contributed by atoms with Gasteiger partial charge in [-0.3, -0.25) is 4.79 Å². The van der Waals surface area contributed by atoms with E-state index in [9.17, 15) is 4.79 Å². The van der Waals surface area contributed by atoms with E-state index in [4.69, 9.17) is 9.47 Å². The molecule has 0 aliphatic carbocycles. The lowest BCUT2D eigenvalue weighted by Crippen LogP contribution is -2.03. The number of methoxy groups -OCH3 is 2. The number of rotatable bonds is 5. The van der Waals surface area contributed by atoms with Crippen LogP contribution in [-0.4, -0.2) is 20.0 Å². The molecule has 0 aliphatic heterocycles. The third kappa shape index (κ3) is 3.64. The van der Waals surface area contributed by atoms with Gasteiger partial charge in [-0.05, 0) is 46.9 Å². The predicted octanol–water partition coefficient (Wildman–Crippen LogP) is 4.33. The Morgan fingerprint density at radius 3 is 2.05 bits per heavy atom. The van der Waals surface area contributed by atoms with Gasteiger partial charge in [0.1, 0.15) is 15.1 Å². The zero-order valence-corrected chi connectivity index (χ0v) is 14.0. The minimum atomic E-state index is -0.0704. The van der Waals surface area contributed by atoms with Gasteiger partial charge in [-0.25, -0.2) is 0 Å². The summed E-state index contributed by atoms with van der Waals surface area (Å²) in [6.07, 6.45) is 0. The highest BCUT2D eigenvalue weighted by molar-refractivity contribution is 14.1. The normalized spacial score (nSPS) is 11.6. The van der Waals surface area contributed by atoms with Crippen molar-refractivity contribution in [1.29, 1.82) is 0 Å². The fraction of sp³-hybridized carbons (Fsp3) is 0.118. The molecule has 0 fully saturated rings. The lowest BCUT2D eigenvalue weighted by molar-refractivity contribution is 0.104. The summed E-state index contributed by atoms with van der Waals surface area (Å²) in [5.41, 5.74) is 1.48. The van der Waals surface area contributed by atoms with Crippen molar-refractivity contribution in [1.82, 2.24) is 0 Å². The van der Waals surface area contributed by atoms with Crippen molar-refractivity contribution in [2.24, 2.45) is 0 Å². The van der Waals surface area contributed by atoms with Crippen LogP contribution in [0.25, 0.3) is 5.76 Å². The van der Waals surface area contributed by atoms with Gasteiger partial charge >= 0.3 is 0 Å². The summed E-state index contributed by atoms with van der Waals surface area (Å²) in [6.45, 7) is 0. The van der Waals surface area contributed by atoms with Crippen LogP contribution in [0.15, 0.2) is 58.2 Å². The SMILES string of the molecule is CO/C(=C(\I)C(=O)c1ccc(OC)cc1)c1ccccc1. The Morgan fingerprint density at radius 2 is 1.52 bits per heavy atom. The largest absolute Gasteiger partial charge is 0.497 e. The monoisotopic (exact) mass is 394 g/mol. The lowest BCUT2D eigenvalue weighted by atomic mass is 10.1. The van der Waals surface area contributed by atoms with Crippen molar-refractivity contribution in [3.8, 4) is 5.75 Å². The fourth-order valence-corrected chi connectivity index (χ4v) is 2.74. The van der Waals surface area contributed by atoms with Crippen LogP contribution in [0.4, 0.5) is 0 Å². The van der Waals surface area contributed by atoms with Gasteiger partial charge in [0.25, 0.3) is 0 Å². The highest BCUT2D eigenvalue weighted by Gasteiger charge is 2.17. The third-order valence-corrected chi connectivity index (χ3v) is 3.97. The van der Waals surface area contributed by atoms with Crippen molar-refractivity contribution in [2.45, 2.75) is 0 Å². The predicted molar refractivity (Wildman–Crippen MR) is 91.7 cm³/mol. The highest BCUT2D eigenvalue weighted by atomic mass is 127. The molecular formula is C17H15IO3. The maximum absolute atomic E-state index is 12.5. The number of allylic oxidation sites excluding steroid dienone is 1. The molecule has 0 spiro atoms. The molecule has 0 aliphatic rings. The van der Waals surface area contributed by atoms with Gasteiger partial charge in [-0.1, -0.05) is 30.3 Å². The molecule has 0 aromatic heterocycles. The van der Waals surface area contributed by atoms with E-state index >= 15 is 0 Å². The standard InChI is InChI=1S/C17H15IO3/c1-20-14-10-8-12(9-11-14)16(19)15(18)17(21-2)13-6-4-3-5-7-13/h3-11H,1-2H3/b17-15-. The van der Waals surface area contributed by atoms with Gasteiger partial charge in [-0.15, -0.1) is 0 Å². The summed E-state index contributed by atoms with van der Waals surface area (Å²) in [6, 6.07) is 16.6. The first kappa shape index (κ1) is 15.6. The second-order valence-corrected chi connectivity index (χ2v) is 5.35. The lowest BCUT2D eigenvalue weighted by Gasteiger charge is -2.10. The van der Waals surface area contributed by atoms with Crippen LogP contribution >= 0.6 is 22.6 Å². The number of hydrogen-bond donors (Lipinski definition) is 0. The molecule has 0 unspecified atom stereocenters. The van der Waals surface area contributed by atoms with Crippen molar-refractivity contribution in [3.63, 3.8) is 0 Å². The van der Waals surface area contributed by atoms with E-state index in [1.165, 1.54) is 0 Å². The Balaban J connectivity index is 2.37. The average molecular weight is 394 g/mol. The van der Waals surface area contributed by atoms with Crippen molar-refractivity contribution < 1.29 is 14.3 Å². The summed E-state index contributed by atoms with van der Waals surface area (Å²) in [7, 11) is 3.17. The Morgan fingerprint density at radius 1 is 0.905 bits per heavy atom. The van der Waals surface area contributed by atoms with Gasteiger partial charge in [-0.2, -0.15) is 0 Å². The topological polar surface area (TPSA) is 35.5 Å². The van der Waals surface area contributed by atoms with Crippen molar-refractivity contribution in [3.05, 3.63) is 69.3 Å². The fourth-order valence-electron chi connectivity index (χ4n) is 1.90. The molecule has 0 radical (unpaired) electrons. The number of ether oxygens (including phenoxy) is 2. The van der Waals surface area contributed by atoms with Crippen LogP contribution in [0.5, 0.6) is 5.75 Å². The molecule has 2 aromatic carbocycles. The average Bonchev–Trinajstić information content (AvgIpc) is 2.56. The molecule has 2 rings (SSSR count). The van der Waals surface area contributed by atoms with E-state index in [1.807, 2.05) is 52.9 Å². The molecule has 0 saturated carbocycles. The highest BCUT2D eigenvalue weighted by Crippen LogP contribution is 2.27. The minimum absolute atomic E-state index is 0.0704. The summed E-state index contributed by atoms with van der Waals surface area (Å²) >= 11 is 2.03. The minimum Gasteiger partial charge on any atom is -0.497 e. The second-order valence-electron chi connectivity index (χ2n) is 4.27. The third-order valence-electron chi connectivity index (χ3n) is 2.99. The van der Waals surface area contributed by atoms with Crippen LogP contribution in [0, 0.1) is 0 Å². The molecule has 0 bridgehead atoms. The second kappa shape index (κ2) is 7.26. The maximum atomic E-state index is 12.5. The number of benzene rings is 2. The summed E-state index contributed by atoms with van der Waals surface area (Å²) in [5.74, 6) is 1.23. The van der Waals surface area contributed by atoms with Gasteiger partial charge in [0.05, 0.1) is 14.2 Å². The Kier molecular flexibility index (Phi) is 5.38. The Hall–Kier alpha value is -1.82. The summed E-state index contributed by atoms with van der Waals surface area (Å²) < 4.78 is 11.1. The number of carbonyl (C=O) groups is 1. The number of ketones is 1. The summed E-state index contributed by atoms with van der Waals surface area (Å²) in [5, 5.41) is 0. The molecule has 21 heavy (non-hydrogen) atoms. The molecule has 3 nitrogen and oxygen atoms in total. The number of hydrogen-bond acceptors (Lipinski definition) is 3. The van der Waals surface area contributed by atoms with Crippen LogP contribution in [0.2, 0.25) is 0 Å². The molecule has 4 heteroatoms. The van der Waals surface area contributed by atoms with Gasteiger partial charge in [0.15, 0.2) is 0 Å². The first-order valence-corrected chi connectivity index (χ1v) is 7.43. The first-order valence-electron chi connectivity index (χ1n) is 6.35. The number of carbonyl (C=O) groups excluding carboxylic acids is 1. The molecule has 108 valence electrons. The van der Waals surface area contributed by atoms with Crippen molar-refractivity contribution >= 4 is 34.1 Å². The van der Waals surface area contributed by atoms with Crippen LogP contribution < -0.4 is 4.74 Å².